The van der Waals surface area contributed by atoms with Gasteiger partial charge in [-0.25, -0.2) is 4.98 Å². The van der Waals surface area contributed by atoms with Crippen molar-refractivity contribution in [2.45, 2.75) is 6.42 Å². The lowest BCUT2D eigenvalue weighted by atomic mass is 10.1. The highest BCUT2D eigenvalue weighted by molar-refractivity contribution is 5.92. The molecule has 1 amide bonds. The zero-order chi connectivity index (χ0) is 12.4. The van der Waals surface area contributed by atoms with Crippen LogP contribution in [-0.2, 0) is 16.6 Å². The van der Waals surface area contributed by atoms with E-state index >= 15 is 0 Å². The largest absolute Gasteiger partial charge is 0.469 e. The first-order valence-electron chi connectivity index (χ1n) is 5.47. The molecule has 0 aliphatic carbocycles. The van der Waals surface area contributed by atoms with Gasteiger partial charge in [-0.15, -0.1) is 0 Å². The Balaban J connectivity index is 2.01. The van der Waals surface area contributed by atoms with Crippen molar-refractivity contribution in [1.29, 1.82) is 0 Å². The predicted molar refractivity (Wildman–Crippen MR) is 59.2 cm³/mol. The van der Waals surface area contributed by atoms with Gasteiger partial charge in [-0.1, -0.05) is 0 Å². The summed E-state index contributed by atoms with van der Waals surface area (Å²) >= 11 is 0. The molecule has 1 fully saturated rings. The molecule has 92 valence electrons. The fraction of sp³-hybridized carbons (Fsp3) is 0.545. The van der Waals surface area contributed by atoms with Crippen LogP contribution in [0.1, 0.15) is 16.9 Å². The van der Waals surface area contributed by atoms with E-state index in [-0.39, 0.29) is 17.8 Å². The van der Waals surface area contributed by atoms with Gasteiger partial charge in [0.25, 0.3) is 5.91 Å². The molecule has 0 N–H and O–H groups in total. The Labute approximate surface area is 99.2 Å². The number of aryl methyl sites for hydroxylation is 1. The molecule has 2 rings (SSSR count). The predicted octanol–water partition coefficient (Wildman–Crippen LogP) is 0.0552. The lowest BCUT2D eigenvalue weighted by Crippen LogP contribution is -2.30. The van der Waals surface area contributed by atoms with Gasteiger partial charge in [-0.05, 0) is 6.42 Å². The van der Waals surface area contributed by atoms with Crippen LogP contribution >= 0.6 is 0 Å². The monoisotopic (exact) mass is 237 g/mol. The van der Waals surface area contributed by atoms with Crippen molar-refractivity contribution in [3.8, 4) is 0 Å². The van der Waals surface area contributed by atoms with Crippen molar-refractivity contribution >= 4 is 11.9 Å². The molecule has 1 aliphatic heterocycles. The van der Waals surface area contributed by atoms with Crippen molar-refractivity contribution in [2.24, 2.45) is 13.0 Å². The highest BCUT2D eigenvalue weighted by Crippen LogP contribution is 2.19. The van der Waals surface area contributed by atoms with E-state index in [0.29, 0.717) is 25.2 Å². The molecule has 6 heteroatoms. The van der Waals surface area contributed by atoms with E-state index in [1.165, 1.54) is 7.11 Å². The Kier molecular flexibility index (Phi) is 3.12. The maximum atomic E-state index is 12.0. The number of aromatic nitrogens is 2. The molecule has 17 heavy (non-hydrogen) atoms. The van der Waals surface area contributed by atoms with Gasteiger partial charge < -0.3 is 14.2 Å². The highest BCUT2D eigenvalue weighted by atomic mass is 16.5. The summed E-state index contributed by atoms with van der Waals surface area (Å²) in [7, 11) is 3.18. The van der Waals surface area contributed by atoms with E-state index in [9.17, 15) is 9.59 Å². The summed E-state index contributed by atoms with van der Waals surface area (Å²) in [5.41, 5.74) is 0.415. The molecule has 6 nitrogen and oxygen atoms in total. The van der Waals surface area contributed by atoms with Crippen LogP contribution in [0.15, 0.2) is 12.5 Å². The van der Waals surface area contributed by atoms with Gasteiger partial charge in [-0.3, -0.25) is 9.59 Å². The minimum Gasteiger partial charge on any atom is -0.469 e. The topological polar surface area (TPSA) is 64.4 Å². The molecule has 1 saturated heterocycles. The zero-order valence-corrected chi connectivity index (χ0v) is 9.92. The van der Waals surface area contributed by atoms with Crippen LogP contribution in [0.5, 0.6) is 0 Å². The lowest BCUT2D eigenvalue weighted by Gasteiger charge is -2.14. The van der Waals surface area contributed by atoms with Crippen LogP contribution in [0.3, 0.4) is 0 Å². The first kappa shape index (κ1) is 11.6. The first-order valence-corrected chi connectivity index (χ1v) is 5.47. The van der Waals surface area contributed by atoms with E-state index in [1.807, 2.05) is 7.05 Å². The molecule has 1 aliphatic rings. The van der Waals surface area contributed by atoms with Gasteiger partial charge in [0, 0.05) is 26.3 Å². The number of carbonyl (C=O) groups is 2. The van der Waals surface area contributed by atoms with E-state index in [2.05, 4.69) is 9.72 Å². The van der Waals surface area contributed by atoms with Gasteiger partial charge in [0.15, 0.2) is 0 Å². The molecule has 2 heterocycles. The normalized spacial score (nSPS) is 19.4. The number of amides is 1. The summed E-state index contributed by atoms with van der Waals surface area (Å²) in [4.78, 5) is 29.0. The Morgan fingerprint density at radius 3 is 2.88 bits per heavy atom. The van der Waals surface area contributed by atoms with Crippen molar-refractivity contribution in [3.05, 3.63) is 18.2 Å². The maximum Gasteiger partial charge on any atom is 0.310 e. The van der Waals surface area contributed by atoms with Crippen molar-refractivity contribution in [1.82, 2.24) is 14.5 Å². The second kappa shape index (κ2) is 4.57. The number of likely N-dealkylation sites (tertiary alicyclic amines) is 1. The minimum atomic E-state index is -0.249. The SMILES string of the molecule is COC(=O)C1CCN(C(=O)c2cn(C)cn2)C1. The second-order valence-electron chi connectivity index (χ2n) is 4.18. The number of rotatable bonds is 2. The summed E-state index contributed by atoms with van der Waals surface area (Å²) in [5.74, 6) is -0.578. The lowest BCUT2D eigenvalue weighted by molar-refractivity contribution is -0.144. The van der Waals surface area contributed by atoms with E-state index in [0.717, 1.165) is 0 Å². The Morgan fingerprint density at radius 2 is 2.29 bits per heavy atom. The van der Waals surface area contributed by atoms with Gasteiger partial charge in [-0.2, -0.15) is 0 Å². The molecule has 1 atom stereocenters. The number of imidazole rings is 1. The Hall–Kier alpha value is -1.85. The number of hydrogen-bond donors (Lipinski definition) is 0. The van der Waals surface area contributed by atoms with Crippen LogP contribution in [0.2, 0.25) is 0 Å². The van der Waals surface area contributed by atoms with E-state index in [1.54, 1.807) is 22.0 Å². The minimum absolute atomic E-state index is 0.128. The average Bonchev–Trinajstić information content (AvgIpc) is 2.95. The molecule has 0 spiro atoms. The number of ether oxygens (including phenoxy) is 1. The first-order chi connectivity index (χ1) is 8.11. The highest BCUT2D eigenvalue weighted by Gasteiger charge is 2.32. The van der Waals surface area contributed by atoms with Crippen LogP contribution in [0.25, 0.3) is 0 Å². The third-order valence-corrected chi connectivity index (χ3v) is 2.93. The molecule has 1 unspecified atom stereocenters. The summed E-state index contributed by atoms with van der Waals surface area (Å²) in [6.07, 6.45) is 3.92. The third-order valence-electron chi connectivity index (χ3n) is 2.93. The van der Waals surface area contributed by atoms with Crippen LogP contribution in [0, 0.1) is 5.92 Å². The zero-order valence-electron chi connectivity index (χ0n) is 9.92. The smallest absolute Gasteiger partial charge is 0.310 e. The number of carbonyl (C=O) groups excluding carboxylic acids is 2. The Bertz CT molecular complexity index is 441. The van der Waals surface area contributed by atoms with Crippen LogP contribution in [0.4, 0.5) is 0 Å². The molecule has 0 radical (unpaired) electrons. The maximum absolute atomic E-state index is 12.0. The molecular formula is C11H15N3O3. The molecule has 1 aromatic heterocycles. The summed E-state index contributed by atoms with van der Waals surface area (Å²) in [6, 6.07) is 0. The standard InChI is InChI=1S/C11H15N3O3/c1-13-6-9(12-7-13)10(15)14-4-3-8(5-14)11(16)17-2/h6-8H,3-5H2,1-2H3. The molecule has 0 aromatic carbocycles. The van der Waals surface area contributed by atoms with Gasteiger partial charge >= 0.3 is 5.97 Å². The second-order valence-corrected chi connectivity index (χ2v) is 4.18. The summed E-state index contributed by atoms with van der Waals surface area (Å²) < 4.78 is 6.40. The fourth-order valence-corrected chi connectivity index (χ4v) is 1.99. The summed E-state index contributed by atoms with van der Waals surface area (Å²) in [5, 5.41) is 0. The number of esters is 1. The van der Waals surface area contributed by atoms with Gasteiger partial charge in [0.2, 0.25) is 0 Å². The third kappa shape index (κ3) is 2.30. The van der Waals surface area contributed by atoms with Crippen molar-refractivity contribution < 1.29 is 14.3 Å². The van der Waals surface area contributed by atoms with Crippen LogP contribution in [-0.4, -0.2) is 46.5 Å². The van der Waals surface area contributed by atoms with Crippen LogP contribution < -0.4 is 0 Å². The van der Waals surface area contributed by atoms with Crippen molar-refractivity contribution in [2.75, 3.05) is 20.2 Å². The number of methoxy groups -OCH3 is 1. The summed E-state index contributed by atoms with van der Waals surface area (Å²) in [6.45, 7) is 0.997. The number of nitrogens with zero attached hydrogens (tertiary/aromatic N) is 3. The quantitative estimate of drug-likeness (QED) is 0.682. The van der Waals surface area contributed by atoms with Gasteiger partial charge in [0.05, 0.1) is 19.4 Å². The molecule has 0 bridgehead atoms. The van der Waals surface area contributed by atoms with Gasteiger partial charge in [0.1, 0.15) is 5.69 Å². The molecule has 0 saturated carbocycles. The fourth-order valence-electron chi connectivity index (χ4n) is 1.99. The molecule has 1 aromatic rings. The average molecular weight is 237 g/mol. The Morgan fingerprint density at radius 1 is 1.53 bits per heavy atom. The number of hydrogen-bond acceptors (Lipinski definition) is 4. The van der Waals surface area contributed by atoms with E-state index in [4.69, 9.17) is 0 Å². The van der Waals surface area contributed by atoms with Crippen molar-refractivity contribution in [3.63, 3.8) is 0 Å². The van der Waals surface area contributed by atoms with E-state index < -0.39 is 0 Å². The molecular weight excluding hydrogens is 222 g/mol.